The number of amides is 1. The van der Waals surface area contributed by atoms with Crippen LogP contribution in [0.15, 0.2) is 77.9 Å². The van der Waals surface area contributed by atoms with E-state index < -0.39 is 11.3 Å². The molecule has 0 aliphatic carbocycles. The summed E-state index contributed by atoms with van der Waals surface area (Å²) in [6.07, 6.45) is 3.00. The first kappa shape index (κ1) is 17.6. The van der Waals surface area contributed by atoms with Gasteiger partial charge in [-0.3, -0.25) is 9.59 Å². The minimum Gasteiger partial charge on any atom is -0.322 e. The Hall–Kier alpha value is -3.80. The van der Waals surface area contributed by atoms with E-state index in [-0.39, 0.29) is 11.4 Å². The molecule has 2 aromatic heterocycles. The van der Waals surface area contributed by atoms with Crippen LogP contribution in [0.4, 0.5) is 10.1 Å². The monoisotopic (exact) mass is 373 g/mol. The highest BCUT2D eigenvalue weighted by Gasteiger charge is 2.17. The van der Waals surface area contributed by atoms with Gasteiger partial charge in [0.15, 0.2) is 0 Å². The fourth-order valence-corrected chi connectivity index (χ4v) is 3.04. The highest BCUT2D eigenvalue weighted by molar-refractivity contribution is 6.05. The molecule has 0 fully saturated rings. The zero-order valence-electron chi connectivity index (χ0n) is 15.0. The molecule has 138 valence electrons. The summed E-state index contributed by atoms with van der Waals surface area (Å²) in [6.45, 7) is 1.92. The number of halogens is 1. The maximum absolute atomic E-state index is 13.3. The van der Waals surface area contributed by atoms with Gasteiger partial charge in [-0.05, 0) is 61.0 Å². The van der Waals surface area contributed by atoms with E-state index in [1.54, 1.807) is 41.1 Å². The predicted molar refractivity (Wildman–Crippen MR) is 106 cm³/mol. The molecule has 4 aromatic rings. The Morgan fingerprint density at radius 2 is 1.86 bits per heavy atom. The number of hydrogen-bond acceptors (Lipinski definition) is 3. The molecule has 0 aliphatic rings. The number of hydrogen-bond donors (Lipinski definition) is 1. The van der Waals surface area contributed by atoms with Gasteiger partial charge >= 0.3 is 0 Å². The number of carbonyl (C=O) groups excluding carboxylic acids is 1. The number of carbonyl (C=O) groups is 1. The molecule has 0 bridgehead atoms. The third-order valence-electron chi connectivity index (χ3n) is 4.39. The Morgan fingerprint density at radius 3 is 2.61 bits per heavy atom. The number of aryl methyl sites for hydroxylation is 1. The van der Waals surface area contributed by atoms with Crippen LogP contribution >= 0.6 is 0 Å². The van der Waals surface area contributed by atoms with Gasteiger partial charge in [0.25, 0.3) is 5.91 Å². The Labute approximate surface area is 160 Å². The van der Waals surface area contributed by atoms with Crippen LogP contribution in [-0.4, -0.2) is 15.5 Å². The third kappa shape index (κ3) is 3.27. The van der Waals surface area contributed by atoms with Crippen molar-refractivity contribution in [3.63, 3.8) is 0 Å². The smallest absolute Gasteiger partial charge is 0.261 e. The van der Waals surface area contributed by atoms with E-state index >= 15 is 0 Å². The van der Waals surface area contributed by atoms with Crippen LogP contribution in [0.25, 0.3) is 16.7 Å². The summed E-state index contributed by atoms with van der Waals surface area (Å²) in [6, 6.07) is 16.3. The molecular weight excluding hydrogens is 357 g/mol. The van der Waals surface area contributed by atoms with E-state index in [9.17, 15) is 14.0 Å². The summed E-state index contributed by atoms with van der Waals surface area (Å²) in [5.41, 5.74) is 2.15. The molecule has 6 heteroatoms. The summed E-state index contributed by atoms with van der Waals surface area (Å²) in [4.78, 5) is 30.0. The number of rotatable bonds is 3. The van der Waals surface area contributed by atoms with Gasteiger partial charge in [-0.1, -0.05) is 12.1 Å². The van der Waals surface area contributed by atoms with Crippen molar-refractivity contribution in [3.05, 3.63) is 100 Å². The molecule has 4 rings (SSSR count). The Morgan fingerprint density at radius 1 is 1.07 bits per heavy atom. The first-order valence-electron chi connectivity index (χ1n) is 8.67. The van der Waals surface area contributed by atoms with Crippen molar-refractivity contribution in [2.24, 2.45) is 0 Å². The van der Waals surface area contributed by atoms with Crippen molar-refractivity contribution in [1.29, 1.82) is 0 Å². The van der Waals surface area contributed by atoms with Gasteiger partial charge in [0.2, 0.25) is 5.43 Å². The molecule has 0 atom stereocenters. The number of nitrogens with one attached hydrogen (secondary N) is 1. The van der Waals surface area contributed by atoms with Gasteiger partial charge in [0.1, 0.15) is 17.0 Å². The van der Waals surface area contributed by atoms with Gasteiger partial charge in [0.05, 0.1) is 5.39 Å². The largest absolute Gasteiger partial charge is 0.322 e. The number of nitrogens with zero attached hydrogens (tertiary/aromatic N) is 2. The maximum Gasteiger partial charge on any atom is 0.261 e. The lowest BCUT2D eigenvalue weighted by atomic mass is 10.1. The average Bonchev–Trinajstić information content (AvgIpc) is 2.69. The fourth-order valence-electron chi connectivity index (χ4n) is 3.04. The number of pyridine rings is 2. The molecule has 1 amide bonds. The molecule has 1 N–H and O–H groups in total. The molecule has 0 radical (unpaired) electrons. The number of aromatic nitrogens is 2. The van der Waals surface area contributed by atoms with Crippen LogP contribution in [0.1, 0.15) is 15.9 Å². The Kier molecular flexibility index (Phi) is 4.45. The van der Waals surface area contributed by atoms with Gasteiger partial charge in [0, 0.05) is 23.8 Å². The van der Waals surface area contributed by atoms with Crippen LogP contribution in [0, 0.1) is 12.7 Å². The van der Waals surface area contributed by atoms with Crippen molar-refractivity contribution in [2.45, 2.75) is 6.92 Å². The van der Waals surface area contributed by atoms with Gasteiger partial charge < -0.3 is 9.88 Å². The Balaban J connectivity index is 1.87. The Bertz CT molecular complexity index is 1250. The molecule has 2 aromatic carbocycles. The second-order valence-electron chi connectivity index (χ2n) is 6.42. The summed E-state index contributed by atoms with van der Waals surface area (Å²) in [7, 11) is 0. The van der Waals surface area contributed by atoms with Crippen LogP contribution in [0.2, 0.25) is 0 Å². The molecule has 5 nitrogen and oxygen atoms in total. The van der Waals surface area contributed by atoms with E-state index in [2.05, 4.69) is 10.3 Å². The second-order valence-corrected chi connectivity index (χ2v) is 6.42. The lowest BCUT2D eigenvalue weighted by molar-refractivity contribution is 0.102. The minimum atomic E-state index is -0.516. The zero-order valence-corrected chi connectivity index (χ0v) is 15.0. The SMILES string of the molecule is Cc1cccc(NC(=O)c2cn(-c3ccc(F)cc3)c3ncccc3c2=O)c1. The molecule has 0 spiro atoms. The summed E-state index contributed by atoms with van der Waals surface area (Å²) in [5, 5.41) is 3.07. The number of fused-ring (bicyclic) bond motifs is 1. The molecule has 0 saturated carbocycles. The topological polar surface area (TPSA) is 64.0 Å². The van der Waals surface area contributed by atoms with Crippen molar-refractivity contribution >= 4 is 22.6 Å². The third-order valence-corrected chi connectivity index (χ3v) is 4.39. The van der Waals surface area contributed by atoms with E-state index in [0.29, 0.717) is 22.4 Å². The maximum atomic E-state index is 13.3. The van der Waals surface area contributed by atoms with Crippen LogP contribution in [0.3, 0.4) is 0 Å². The minimum absolute atomic E-state index is 0.0219. The van der Waals surface area contributed by atoms with E-state index in [1.807, 2.05) is 25.1 Å². The summed E-state index contributed by atoms with van der Waals surface area (Å²) < 4.78 is 14.9. The quantitative estimate of drug-likeness (QED) is 0.588. The fraction of sp³-hybridized carbons (Fsp3) is 0.0455. The van der Waals surface area contributed by atoms with Crippen molar-refractivity contribution in [1.82, 2.24) is 9.55 Å². The lowest BCUT2D eigenvalue weighted by Crippen LogP contribution is -2.24. The normalized spacial score (nSPS) is 10.8. The van der Waals surface area contributed by atoms with Crippen molar-refractivity contribution < 1.29 is 9.18 Å². The van der Waals surface area contributed by atoms with Gasteiger partial charge in [-0.2, -0.15) is 0 Å². The number of benzene rings is 2. The average molecular weight is 373 g/mol. The number of anilines is 1. The van der Waals surface area contributed by atoms with E-state index in [0.717, 1.165) is 5.56 Å². The zero-order chi connectivity index (χ0) is 19.7. The summed E-state index contributed by atoms with van der Waals surface area (Å²) in [5.74, 6) is -0.892. The van der Waals surface area contributed by atoms with Gasteiger partial charge in [-0.25, -0.2) is 9.37 Å². The van der Waals surface area contributed by atoms with Crippen LogP contribution < -0.4 is 10.7 Å². The second kappa shape index (κ2) is 7.08. The standard InChI is InChI=1S/C22H16FN3O2/c1-14-4-2-5-16(12-14)25-22(28)19-13-26(17-9-7-15(23)8-10-17)21-18(20(19)27)6-3-11-24-21/h2-13H,1H3,(H,25,28). The molecule has 0 saturated heterocycles. The van der Waals surface area contributed by atoms with E-state index in [4.69, 9.17) is 0 Å². The lowest BCUT2D eigenvalue weighted by Gasteiger charge is -2.13. The van der Waals surface area contributed by atoms with Crippen LogP contribution in [-0.2, 0) is 0 Å². The molecule has 0 unspecified atom stereocenters. The highest BCUT2D eigenvalue weighted by atomic mass is 19.1. The van der Waals surface area contributed by atoms with Gasteiger partial charge in [-0.15, -0.1) is 0 Å². The van der Waals surface area contributed by atoms with Crippen molar-refractivity contribution in [2.75, 3.05) is 5.32 Å². The molecule has 2 heterocycles. The van der Waals surface area contributed by atoms with E-state index in [1.165, 1.54) is 18.3 Å². The first-order valence-corrected chi connectivity index (χ1v) is 8.67. The molecule has 0 aliphatic heterocycles. The molecular formula is C22H16FN3O2. The first-order chi connectivity index (χ1) is 13.5. The molecule has 28 heavy (non-hydrogen) atoms. The highest BCUT2D eigenvalue weighted by Crippen LogP contribution is 2.17. The van der Waals surface area contributed by atoms with Crippen molar-refractivity contribution in [3.8, 4) is 5.69 Å². The predicted octanol–water partition coefficient (Wildman–Crippen LogP) is 4.09. The van der Waals surface area contributed by atoms with Crippen LogP contribution in [0.5, 0.6) is 0 Å². The summed E-state index contributed by atoms with van der Waals surface area (Å²) >= 11 is 0.